The Morgan fingerprint density at radius 2 is 2.00 bits per heavy atom. The van der Waals surface area contributed by atoms with E-state index in [2.05, 4.69) is 9.62 Å². The van der Waals surface area contributed by atoms with Crippen LogP contribution >= 0.6 is 11.9 Å². The van der Waals surface area contributed by atoms with E-state index in [4.69, 9.17) is 4.74 Å². The van der Waals surface area contributed by atoms with Gasteiger partial charge in [-0.05, 0) is 63.3 Å². The lowest BCUT2D eigenvalue weighted by molar-refractivity contribution is -0.00589. The van der Waals surface area contributed by atoms with E-state index in [1.807, 2.05) is 26.8 Å². The number of piperidine rings is 1. The molecule has 1 fully saturated rings. The SMILES string of the molecule is CC(C)(C)OC(=O)NC1CCN(Sc2cccc(C(O)C(F)F)c2)CC1. The van der Waals surface area contributed by atoms with Gasteiger partial charge in [0, 0.05) is 24.0 Å². The molecule has 26 heavy (non-hydrogen) atoms. The third-order valence-electron chi connectivity index (χ3n) is 3.85. The highest BCUT2D eigenvalue weighted by Crippen LogP contribution is 2.29. The summed E-state index contributed by atoms with van der Waals surface area (Å²) in [6.07, 6.45) is -3.40. The van der Waals surface area contributed by atoms with E-state index in [0.29, 0.717) is 0 Å². The zero-order chi connectivity index (χ0) is 19.3. The zero-order valence-corrected chi connectivity index (χ0v) is 16.1. The first-order valence-corrected chi connectivity index (χ1v) is 9.40. The number of aliphatic hydroxyl groups is 1. The fourth-order valence-corrected chi connectivity index (χ4v) is 3.64. The van der Waals surface area contributed by atoms with E-state index in [9.17, 15) is 18.7 Å². The minimum absolute atomic E-state index is 0.0636. The minimum Gasteiger partial charge on any atom is -0.444 e. The standard InChI is InChI=1S/C18H26F2N2O3S/c1-18(2,3)25-17(24)21-13-7-9-22(10-8-13)26-14-6-4-5-12(11-14)15(23)16(19)20/h4-6,11,13,15-16,23H,7-10H2,1-3H3,(H,21,24). The molecule has 0 bridgehead atoms. The molecule has 1 aliphatic heterocycles. The van der Waals surface area contributed by atoms with Gasteiger partial charge < -0.3 is 15.2 Å². The number of alkyl carbamates (subject to hydrolysis) is 1. The second kappa shape index (κ2) is 9.01. The zero-order valence-electron chi connectivity index (χ0n) is 15.2. The lowest BCUT2D eigenvalue weighted by atomic mass is 10.1. The highest BCUT2D eigenvalue weighted by atomic mass is 32.2. The maximum absolute atomic E-state index is 12.6. The molecule has 0 aliphatic carbocycles. The molecule has 0 aromatic heterocycles. The van der Waals surface area contributed by atoms with Crippen LogP contribution in [0.2, 0.25) is 0 Å². The topological polar surface area (TPSA) is 61.8 Å². The van der Waals surface area contributed by atoms with Crippen LogP contribution in [0.15, 0.2) is 29.2 Å². The van der Waals surface area contributed by atoms with E-state index in [0.717, 1.165) is 30.8 Å². The highest BCUT2D eigenvalue weighted by Gasteiger charge is 2.24. The maximum atomic E-state index is 12.6. The van der Waals surface area contributed by atoms with Gasteiger partial charge in [-0.25, -0.2) is 17.9 Å². The van der Waals surface area contributed by atoms with E-state index < -0.39 is 24.2 Å². The Balaban J connectivity index is 1.82. The summed E-state index contributed by atoms with van der Waals surface area (Å²) in [7, 11) is 0. The second-order valence-corrected chi connectivity index (χ2v) is 8.46. The van der Waals surface area contributed by atoms with Crippen LogP contribution in [0.4, 0.5) is 13.6 Å². The van der Waals surface area contributed by atoms with Crippen molar-refractivity contribution in [1.29, 1.82) is 0 Å². The second-order valence-electron chi connectivity index (χ2n) is 7.29. The summed E-state index contributed by atoms with van der Waals surface area (Å²) in [5.41, 5.74) is -0.305. The smallest absolute Gasteiger partial charge is 0.407 e. The molecule has 1 atom stereocenters. The average molecular weight is 388 g/mol. The van der Waals surface area contributed by atoms with Gasteiger partial charge >= 0.3 is 6.09 Å². The first-order chi connectivity index (χ1) is 12.1. The molecule has 1 amide bonds. The molecule has 1 saturated heterocycles. The van der Waals surface area contributed by atoms with E-state index >= 15 is 0 Å². The summed E-state index contributed by atoms with van der Waals surface area (Å²) in [5.74, 6) is 0. The Labute approximate surface area is 157 Å². The van der Waals surface area contributed by atoms with Crippen LogP contribution in [0.25, 0.3) is 0 Å². The molecular weight excluding hydrogens is 362 g/mol. The van der Waals surface area contributed by atoms with Crippen LogP contribution in [0.3, 0.4) is 0 Å². The largest absolute Gasteiger partial charge is 0.444 e. The summed E-state index contributed by atoms with van der Waals surface area (Å²) in [6, 6.07) is 6.65. The molecule has 5 nitrogen and oxygen atoms in total. The number of alkyl halides is 2. The number of hydrogen-bond acceptors (Lipinski definition) is 5. The van der Waals surface area contributed by atoms with Crippen LogP contribution in [0.5, 0.6) is 0 Å². The first-order valence-electron chi connectivity index (χ1n) is 8.62. The third-order valence-corrected chi connectivity index (χ3v) is 4.94. The van der Waals surface area contributed by atoms with Gasteiger partial charge in [0.25, 0.3) is 6.43 Å². The molecule has 2 N–H and O–H groups in total. The first kappa shape index (κ1) is 20.9. The highest BCUT2D eigenvalue weighted by molar-refractivity contribution is 7.97. The predicted octanol–water partition coefficient (Wildman–Crippen LogP) is 3.98. The molecule has 146 valence electrons. The Bertz CT molecular complexity index is 602. The van der Waals surface area contributed by atoms with Gasteiger partial charge in [-0.1, -0.05) is 12.1 Å². The molecular formula is C18H26F2N2O3S. The quantitative estimate of drug-likeness (QED) is 0.747. The summed E-state index contributed by atoms with van der Waals surface area (Å²) < 4.78 is 32.7. The number of halogens is 2. The van der Waals surface area contributed by atoms with E-state index in [-0.39, 0.29) is 11.6 Å². The number of hydrogen-bond donors (Lipinski definition) is 2. The number of carbonyl (C=O) groups excluding carboxylic acids is 1. The van der Waals surface area contributed by atoms with Crippen LogP contribution < -0.4 is 5.32 Å². The maximum Gasteiger partial charge on any atom is 0.407 e. The van der Waals surface area contributed by atoms with Crippen molar-refractivity contribution in [3.63, 3.8) is 0 Å². The van der Waals surface area contributed by atoms with Gasteiger partial charge in [0.1, 0.15) is 11.7 Å². The summed E-state index contributed by atoms with van der Waals surface area (Å²) in [5, 5.41) is 12.4. The van der Waals surface area contributed by atoms with Crippen molar-refractivity contribution >= 4 is 18.0 Å². The number of rotatable bonds is 5. The Morgan fingerprint density at radius 3 is 2.58 bits per heavy atom. The molecule has 1 heterocycles. The molecule has 1 aliphatic rings. The number of nitrogens with one attached hydrogen (secondary N) is 1. The van der Waals surface area contributed by atoms with Crippen molar-refractivity contribution in [3.8, 4) is 0 Å². The summed E-state index contributed by atoms with van der Waals surface area (Å²) in [4.78, 5) is 12.6. The van der Waals surface area contributed by atoms with Crippen LogP contribution in [0.1, 0.15) is 45.3 Å². The summed E-state index contributed by atoms with van der Waals surface area (Å²) >= 11 is 1.47. The van der Waals surface area contributed by atoms with Gasteiger partial charge in [-0.3, -0.25) is 0 Å². The minimum atomic E-state index is -2.80. The fourth-order valence-electron chi connectivity index (χ4n) is 2.62. The number of nitrogens with zero attached hydrogens (tertiary/aromatic N) is 1. The van der Waals surface area contributed by atoms with Crippen molar-refractivity contribution in [1.82, 2.24) is 9.62 Å². The third kappa shape index (κ3) is 6.74. The molecule has 0 saturated carbocycles. The van der Waals surface area contributed by atoms with Crippen molar-refractivity contribution in [3.05, 3.63) is 29.8 Å². The number of aliphatic hydroxyl groups excluding tert-OH is 1. The number of carbonyl (C=O) groups is 1. The molecule has 0 spiro atoms. The predicted molar refractivity (Wildman–Crippen MR) is 97.2 cm³/mol. The fraction of sp³-hybridized carbons (Fsp3) is 0.611. The molecule has 1 aromatic rings. The lowest BCUT2D eigenvalue weighted by Crippen LogP contribution is -2.44. The van der Waals surface area contributed by atoms with Crippen molar-refractivity contribution in [2.75, 3.05) is 13.1 Å². The lowest BCUT2D eigenvalue weighted by Gasteiger charge is -2.32. The van der Waals surface area contributed by atoms with Crippen LogP contribution in [-0.2, 0) is 4.74 Å². The van der Waals surface area contributed by atoms with E-state index in [1.165, 1.54) is 18.0 Å². The van der Waals surface area contributed by atoms with Crippen molar-refractivity contribution in [2.24, 2.45) is 0 Å². The number of amides is 1. The Kier molecular flexibility index (Phi) is 7.25. The molecule has 1 aromatic carbocycles. The van der Waals surface area contributed by atoms with Crippen LogP contribution in [-0.4, -0.2) is 46.7 Å². The van der Waals surface area contributed by atoms with Gasteiger partial charge in [0.05, 0.1) is 0 Å². The molecule has 1 unspecified atom stereocenters. The van der Waals surface area contributed by atoms with Crippen molar-refractivity contribution in [2.45, 2.75) is 62.7 Å². The monoisotopic (exact) mass is 388 g/mol. The number of benzene rings is 1. The molecule has 2 rings (SSSR count). The number of ether oxygens (including phenoxy) is 1. The van der Waals surface area contributed by atoms with E-state index in [1.54, 1.807) is 12.1 Å². The normalized spacial score (nSPS) is 18.0. The Morgan fingerprint density at radius 1 is 1.35 bits per heavy atom. The van der Waals surface area contributed by atoms with Crippen LogP contribution in [0, 0.1) is 0 Å². The molecule has 8 heteroatoms. The summed E-state index contributed by atoms with van der Waals surface area (Å²) in [6.45, 7) is 6.99. The average Bonchev–Trinajstić information content (AvgIpc) is 2.54. The van der Waals surface area contributed by atoms with Gasteiger partial charge in [-0.15, -0.1) is 0 Å². The molecule has 0 radical (unpaired) electrons. The van der Waals surface area contributed by atoms with Gasteiger partial charge in [0.2, 0.25) is 0 Å². The van der Waals surface area contributed by atoms with Crippen molar-refractivity contribution < 1.29 is 23.4 Å². The van der Waals surface area contributed by atoms with Gasteiger partial charge in [0.15, 0.2) is 0 Å². The van der Waals surface area contributed by atoms with Gasteiger partial charge in [-0.2, -0.15) is 0 Å². The Hall–Kier alpha value is -1.38.